The molecular formula is C21H16ClFO4. The van der Waals surface area contributed by atoms with Crippen LogP contribution in [0.25, 0.3) is 0 Å². The molecule has 3 rings (SSSR count). The van der Waals surface area contributed by atoms with Crippen LogP contribution in [0, 0.1) is 5.82 Å². The van der Waals surface area contributed by atoms with Crippen LogP contribution >= 0.6 is 11.6 Å². The third-order valence-electron chi connectivity index (χ3n) is 3.78. The molecule has 3 aromatic rings. The van der Waals surface area contributed by atoms with E-state index in [4.69, 9.17) is 21.1 Å². The topological polar surface area (TPSA) is 55.8 Å². The molecule has 0 fully saturated rings. The van der Waals surface area contributed by atoms with Gasteiger partial charge in [0.15, 0.2) is 0 Å². The van der Waals surface area contributed by atoms with Gasteiger partial charge in [-0.2, -0.15) is 0 Å². The molecule has 3 aromatic carbocycles. The highest BCUT2D eigenvalue weighted by Gasteiger charge is 2.13. The van der Waals surface area contributed by atoms with Crippen molar-refractivity contribution in [2.75, 3.05) is 0 Å². The predicted molar refractivity (Wildman–Crippen MR) is 99.9 cm³/mol. The van der Waals surface area contributed by atoms with E-state index in [1.165, 1.54) is 24.3 Å². The van der Waals surface area contributed by atoms with Gasteiger partial charge in [-0.15, -0.1) is 0 Å². The van der Waals surface area contributed by atoms with Crippen molar-refractivity contribution < 1.29 is 23.8 Å². The average molecular weight is 387 g/mol. The molecule has 0 saturated carbocycles. The Morgan fingerprint density at radius 3 is 2.37 bits per heavy atom. The van der Waals surface area contributed by atoms with Crippen molar-refractivity contribution in [2.24, 2.45) is 0 Å². The summed E-state index contributed by atoms with van der Waals surface area (Å²) in [6.45, 7) is 0.336. The lowest BCUT2D eigenvalue weighted by Crippen LogP contribution is -2.05. The summed E-state index contributed by atoms with van der Waals surface area (Å²) in [7, 11) is 0. The van der Waals surface area contributed by atoms with Crippen molar-refractivity contribution in [3.63, 3.8) is 0 Å². The van der Waals surface area contributed by atoms with Crippen molar-refractivity contribution in [3.05, 3.63) is 94.3 Å². The Hall–Kier alpha value is -3.05. The van der Waals surface area contributed by atoms with Crippen LogP contribution < -0.4 is 9.47 Å². The van der Waals surface area contributed by atoms with Gasteiger partial charge in [0.2, 0.25) is 0 Å². The Kier molecular flexibility index (Phi) is 5.94. The van der Waals surface area contributed by atoms with Crippen LogP contribution in [0.5, 0.6) is 11.5 Å². The van der Waals surface area contributed by atoms with Crippen LogP contribution in [-0.4, -0.2) is 11.1 Å². The number of aromatic carboxylic acids is 1. The van der Waals surface area contributed by atoms with Crippen molar-refractivity contribution >= 4 is 17.6 Å². The fourth-order valence-corrected chi connectivity index (χ4v) is 2.55. The summed E-state index contributed by atoms with van der Waals surface area (Å²) in [5, 5.41) is 10.1. The Labute approximate surface area is 160 Å². The zero-order chi connectivity index (χ0) is 19.2. The van der Waals surface area contributed by atoms with Gasteiger partial charge in [0.1, 0.15) is 36.1 Å². The van der Waals surface area contributed by atoms with E-state index < -0.39 is 5.97 Å². The molecule has 0 atom stereocenters. The number of ether oxygens (including phenoxy) is 2. The highest BCUT2D eigenvalue weighted by molar-refractivity contribution is 6.30. The molecule has 0 aliphatic carbocycles. The van der Waals surface area contributed by atoms with Gasteiger partial charge < -0.3 is 14.6 Å². The number of carbonyl (C=O) groups is 1. The SMILES string of the molecule is O=C(O)c1cc(OCc2ccc(Cl)cc2)ccc1OCc1cccc(F)c1. The summed E-state index contributed by atoms with van der Waals surface area (Å²) >= 11 is 5.84. The molecule has 27 heavy (non-hydrogen) atoms. The zero-order valence-corrected chi connectivity index (χ0v) is 14.9. The van der Waals surface area contributed by atoms with E-state index in [1.54, 1.807) is 30.3 Å². The summed E-state index contributed by atoms with van der Waals surface area (Å²) in [5.74, 6) is -0.923. The first-order valence-corrected chi connectivity index (χ1v) is 8.51. The molecule has 138 valence electrons. The average Bonchev–Trinajstić information content (AvgIpc) is 2.66. The van der Waals surface area contributed by atoms with Crippen molar-refractivity contribution in [3.8, 4) is 11.5 Å². The molecule has 0 aliphatic rings. The number of benzene rings is 3. The zero-order valence-electron chi connectivity index (χ0n) is 14.2. The van der Waals surface area contributed by atoms with Crippen LogP contribution in [-0.2, 0) is 13.2 Å². The van der Waals surface area contributed by atoms with E-state index in [0.29, 0.717) is 16.3 Å². The lowest BCUT2D eigenvalue weighted by atomic mass is 10.2. The molecule has 0 bridgehead atoms. The molecule has 0 aromatic heterocycles. The van der Waals surface area contributed by atoms with Crippen LogP contribution in [0.15, 0.2) is 66.7 Å². The minimum Gasteiger partial charge on any atom is -0.489 e. The summed E-state index contributed by atoms with van der Waals surface area (Å²) in [6, 6.07) is 17.7. The highest BCUT2D eigenvalue weighted by Crippen LogP contribution is 2.26. The van der Waals surface area contributed by atoms with Gasteiger partial charge in [-0.05, 0) is 53.6 Å². The quantitative estimate of drug-likeness (QED) is 0.595. The van der Waals surface area contributed by atoms with Crippen LogP contribution in [0.4, 0.5) is 4.39 Å². The van der Waals surface area contributed by atoms with Crippen molar-refractivity contribution in [2.45, 2.75) is 13.2 Å². The maximum Gasteiger partial charge on any atom is 0.339 e. The maximum absolute atomic E-state index is 13.2. The normalized spacial score (nSPS) is 10.4. The van der Waals surface area contributed by atoms with E-state index >= 15 is 0 Å². The van der Waals surface area contributed by atoms with E-state index in [1.807, 2.05) is 12.1 Å². The number of carboxylic acid groups (broad SMARTS) is 1. The van der Waals surface area contributed by atoms with E-state index in [2.05, 4.69) is 0 Å². The number of halogens is 2. The predicted octanol–water partition coefficient (Wildman–Crippen LogP) is 5.34. The highest BCUT2D eigenvalue weighted by atomic mass is 35.5. The summed E-state index contributed by atoms with van der Waals surface area (Å²) < 4.78 is 24.4. The van der Waals surface area contributed by atoms with E-state index in [9.17, 15) is 14.3 Å². The second kappa shape index (κ2) is 8.56. The number of hydrogen-bond acceptors (Lipinski definition) is 3. The summed E-state index contributed by atoms with van der Waals surface area (Å²) in [4.78, 5) is 11.5. The van der Waals surface area contributed by atoms with Gasteiger partial charge in [-0.3, -0.25) is 0 Å². The van der Waals surface area contributed by atoms with E-state index in [-0.39, 0.29) is 30.3 Å². The second-order valence-corrected chi connectivity index (χ2v) is 6.23. The number of carboxylic acids is 1. The molecule has 0 unspecified atom stereocenters. The lowest BCUT2D eigenvalue weighted by Gasteiger charge is -2.12. The van der Waals surface area contributed by atoms with Gasteiger partial charge in [0.05, 0.1) is 0 Å². The Bertz CT molecular complexity index is 941. The third kappa shape index (κ3) is 5.21. The van der Waals surface area contributed by atoms with Gasteiger partial charge in [0, 0.05) is 5.02 Å². The molecule has 4 nitrogen and oxygen atoms in total. The van der Waals surface area contributed by atoms with Crippen LogP contribution in [0.2, 0.25) is 5.02 Å². The first kappa shape index (κ1) is 18.7. The number of hydrogen-bond donors (Lipinski definition) is 1. The Balaban J connectivity index is 1.70. The number of rotatable bonds is 7. The van der Waals surface area contributed by atoms with Crippen LogP contribution in [0.3, 0.4) is 0 Å². The fraction of sp³-hybridized carbons (Fsp3) is 0.0952. The van der Waals surface area contributed by atoms with Crippen molar-refractivity contribution in [1.82, 2.24) is 0 Å². The Morgan fingerprint density at radius 1 is 0.926 bits per heavy atom. The first-order chi connectivity index (χ1) is 13.0. The summed E-state index contributed by atoms with van der Waals surface area (Å²) in [5.41, 5.74) is 1.48. The van der Waals surface area contributed by atoms with Gasteiger partial charge in [-0.25, -0.2) is 9.18 Å². The second-order valence-electron chi connectivity index (χ2n) is 5.80. The molecule has 0 radical (unpaired) electrons. The lowest BCUT2D eigenvalue weighted by molar-refractivity contribution is 0.0691. The monoisotopic (exact) mass is 386 g/mol. The molecule has 0 spiro atoms. The fourth-order valence-electron chi connectivity index (χ4n) is 2.43. The van der Waals surface area contributed by atoms with Gasteiger partial charge in [0.25, 0.3) is 0 Å². The molecule has 0 saturated heterocycles. The summed E-state index contributed by atoms with van der Waals surface area (Å²) in [6.07, 6.45) is 0. The first-order valence-electron chi connectivity index (χ1n) is 8.13. The molecule has 0 heterocycles. The van der Waals surface area contributed by atoms with E-state index in [0.717, 1.165) is 5.56 Å². The van der Waals surface area contributed by atoms with Gasteiger partial charge in [-0.1, -0.05) is 35.9 Å². The molecule has 0 aliphatic heterocycles. The molecule has 0 amide bonds. The largest absolute Gasteiger partial charge is 0.489 e. The molecule has 1 N–H and O–H groups in total. The van der Waals surface area contributed by atoms with Crippen molar-refractivity contribution in [1.29, 1.82) is 0 Å². The molecular weight excluding hydrogens is 371 g/mol. The standard InChI is InChI=1S/C21H16ClFO4/c22-16-6-4-14(5-7-16)12-26-18-8-9-20(19(11-18)21(24)25)27-13-15-2-1-3-17(23)10-15/h1-11H,12-13H2,(H,24,25). The smallest absolute Gasteiger partial charge is 0.339 e. The molecule has 6 heteroatoms. The van der Waals surface area contributed by atoms with Crippen LogP contribution in [0.1, 0.15) is 21.5 Å². The maximum atomic E-state index is 13.2. The minimum atomic E-state index is -1.14. The third-order valence-corrected chi connectivity index (χ3v) is 4.04. The van der Waals surface area contributed by atoms with Gasteiger partial charge >= 0.3 is 5.97 Å². The minimum absolute atomic E-state index is 0.0278. The Morgan fingerprint density at radius 2 is 1.67 bits per heavy atom.